The molecule has 0 aliphatic rings. The molecule has 0 spiro atoms. The number of pyridine rings is 1. The highest BCUT2D eigenvalue weighted by molar-refractivity contribution is 6.30. The predicted octanol–water partition coefficient (Wildman–Crippen LogP) is 6.52. The van der Waals surface area contributed by atoms with Crippen LogP contribution in [0.3, 0.4) is 0 Å². The van der Waals surface area contributed by atoms with Crippen LogP contribution in [0.5, 0.6) is 5.75 Å². The maximum Gasteiger partial charge on any atom is 0.119 e. The van der Waals surface area contributed by atoms with Crippen molar-refractivity contribution in [2.24, 2.45) is 0 Å². The van der Waals surface area contributed by atoms with Crippen LogP contribution in [0.25, 0.3) is 38.8 Å². The maximum atomic E-state index is 6.13. The Bertz CT molecular complexity index is 1400. The van der Waals surface area contributed by atoms with E-state index in [1.807, 2.05) is 53.3 Å². The van der Waals surface area contributed by atoms with Crippen LogP contribution in [0.15, 0.2) is 66.9 Å². The van der Waals surface area contributed by atoms with Gasteiger partial charge in [0.1, 0.15) is 11.4 Å². The summed E-state index contributed by atoms with van der Waals surface area (Å²) in [4.78, 5) is 4.70. The lowest BCUT2D eigenvalue weighted by molar-refractivity contribution is 0.415. The van der Waals surface area contributed by atoms with Crippen LogP contribution in [-0.4, -0.2) is 21.9 Å². The lowest BCUT2D eigenvalue weighted by atomic mass is 10.0. The molecule has 0 amide bonds. The van der Waals surface area contributed by atoms with E-state index in [1.54, 1.807) is 7.11 Å². The Morgan fingerprint density at radius 1 is 0.867 bits per heavy atom. The summed E-state index contributed by atoms with van der Waals surface area (Å²) in [6.45, 7) is 4.24. The minimum Gasteiger partial charge on any atom is -0.497 e. The van der Waals surface area contributed by atoms with Gasteiger partial charge in [-0.25, -0.2) is 4.68 Å². The second kappa shape index (κ2) is 7.15. The molecular weight excluding hydrogens is 394 g/mol. The quantitative estimate of drug-likeness (QED) is 0.338. The number of nitrogens with zero attached hydrogens (tertiary/aromatic N) is 3. The predicted molar refractivity (Wildman–Crippen MR) is 123 cm³/mol. The van der Waals surface area contributed by atoms with Crippen molar-refractivity contribution in [3.63, 3.8) is 0 Å². The monoisotopic (exact) mass is 413 g/mol. The van der Waals surface area contributed by atoms with E-state index in [-0.39, 0.29) is 0 Å². The lowest BCUT2D eigenvalue weighted by Gasteiger charge is -2.07. The number of ether oxygens (including phenoxy) is 1. The van der Waals surface area contributed by atoms with Crippen molar-refractivity contribution >= 4 is 33.4 Å². The zero-order valence-electron chi connectivity index (χ0n) is 17.0. The number of rotatable bonds is 3. The van der Waals surface area contributed by atoms with Crippen LogP contribution >= 0.6 is 11.6 Å². The van der Waals surface area contributed by atoms with Crippen LogP contribution in [0.2, 0.25) is 5.02 Å². The first-order valence-corrected chi connectivity index (χ1v) is 10.1. The van der Waals surface area contributed by atoms with Crippen molar-refractivity contribution in [3.05, 3.63) is 83.0 Å². The summed E-state index contributed by atoms with van der Waals surface area (Å²) in [6, 6.07) is 20.1. The summed E-state index contributed by atoms with van der Waals surface area (Å²) in [6.07, 6.45) is 1.91. The van der Waals surface area contributed by atoms with Crippen LogP contribution < -0.4 is 4.74 Å². The van der Waals surface area contributed by atoms with Gasteiger partial charge in [0, 0.05) is 27.6 Å². The number of methoxy groups -OCH3 is 1. The van der Waals surface area contributed by atoms with E-state index in [2.05, 4.69) is 32.0 Å². The van der Waals surface area contributed by atoms with Gasteiger partial charge in [0.15, 0.2) is 0 Å². The van der Waals surface area contributed by atoms with Gasteiger partial charge in [0.05, 0.1) is 23.8 Å². The molecule has 5 rings (SSSR count). The van der Waals surface area contributed by atoms with E-state index < -0.39 is 0 Å². The molecule has 0 aliphatic heterocycles. The Labute approximate surface area is 179 Å². The summed E-state index contributed by atoms with van der Waals surface area (Å²) < 4.78 is 7.45. The molecule has 0 fully saturated rings. The minimum atomic E-state index is 0.692. The standard InChI is InChI=1S/C25H20ClN3O/c1-15-4-5-17(12-16(15)2)24-22-14-27-23-11-10-20(30-3)13-21(23)25(22)29(28-24)19-8-6-18(26)7-9-19/h4-14H,1-3H3. The normalized spacial score (nSPS) is 11.3. The van der Waals surface area contributed by atoms with Gasteiger partial charge >= 0.3 is 0 Å². The number of halogens is 1. The van der Waals surface area contributed by atoms with Crippen molar-refractivity contribution in [3.8, 4) is 22.7 Å². The van der Waals surface area contributed by atoms with Crippen LogP contribution in [0.4, 0.5) is 0 Å². The molecule has 2 aromatic heterocycles. The van der Waals surface area contributed by atoms with E-state index in [1.165, 1.54) is 11.1 Å². The average Bonchev–Trinajstić information content (AvgIpc) is 3.16. The van der Waals surface area contributed by atoms with Gasteiger partial charge < -0.3 is 4.74 Å². The molecule has 148 valence electrons. The topological polar surface area (TPSA) is 39.9 Å². The Balaban J connectivity index is 1.89. The average molecular weight is 414 g/mol. The molecule has 5 heteroatoms. The van der Waals surface area contributed by atoms with E-state index in [9.17, 15) is 0 Å². The van der Waals surface area contributed by atoms with Crippen molar-refractivity contribution in [1.82, 2.24) is 14.8 Å². The van der Waals surface area contributed by atoms with Gasteiger partial charge in [-0.05, 0) is 73.5 Å². The molecule has 3 aromatic carbocycles. The first-order chi connectivity index (χ1) is 14.5. The second-order valence-corrected chi connectivity index (χ2v) is 7.88. The van der Waals surface area contributed by atoms with Gasteiger partial charge in [0.2, 0.25) is 0 Å². The number of benzene rings is 3. The summed E-state index contributed by atoms with van der Waals surface area (Å²) in [5.41, 5.74) is 7.29. The third-order valence-electron chi connectivity index (χ3n) is 5.57. The fourth-order valence-corrected chi connectivity index (χ4v) is 3.89. The van der Waals surface area contributed by atoms with Crippen molar-refractivity contribution in [1.29, 1.82) is 0 Å². The third kappa shape index (κ3) is 3.01. The fourth-order valence-electron chi connectivity index (χ4n) is 3.76. The second-order valence-electron chi connectivity index (χ2n) is 7.44. The third-order valence-corrected chi connectivity index (χ3v) is 5.82. The Kier molecular flexibility index (Phi) is 4.44. The molecule has 30 heavy (non-hydrogen) atoms. The summed E-state index contributed by atoms with van der Waals surface area (Å²) in [5.74, 6) is 0.786. The zero-order chi connectivity index (χ0) is 20.8. The molecule has 4 nitrogen and oxygen atoms in total. The summed E-state index contributed by atoms with van der Waals surface area (Å²) >= 11 is 6.13. The van der Waals surface area contributed by atoms with Crippen LogP contribution in [-0.2, 0) is 0 Å². The van der Waals surface area contributed by atoms with Crippen molar-refractivity contribution in [2.45, 2.75) is 13.8 Å². The van der Waals surface area contributed by atoms with Gasteiger partial charge in [-0.15, -0.1) is 0 Å². The number of hydrogen-bond donors (Lipinski definition) is 0. The number of hydrogen-bond acceptors (Lipinski definition) is 3. The largest absolute Gasteiger partial charge is 0.497 e. The minimum absolute atomic E-state index is 0.692. The zero-order valence-corrected chi connectivity index (χ0v) is 17.7. The maximum absolute atomic E-state index is 6.13. The molecule has 0 bridgehead atoms. The Morgan fingerprint density at radius 2 is 1.67 bits per heavy atom. The molecule has 0 unspecified atom stereocenters. The van der Waals surface area contributed by atoms with Gasteiger partial charge in [-0.3, -0.25) is 4.98 Å². The molecule has 0 radical (unpaired) electrons. The van der Waals surface area contributed by atoms with E-state index in [0.717, 1.165) is 44.5 Å². The van der Waals surface area contributed by atoms with Gasteiger partial charge in [0.25, 0.3) is 0 Å². The highest BCUT2D eigenvalue weighted by atomic mass is 35.5. The summed E-state index contributed by atoms with van der Waals surface area (Å²) in [5, 5.41) is 7.71. The van der Waals surface area contributed by atoms with E-state index in [0.29, 0.717) is 5.02 Å². The van der Waals surface area contributed by atoms with E-state index >= 15 is 0 Å². The lowest BCUT2D eigenvalue weighted by Crippen LogP contribution is -1.97. The highest BCUT2D eigenvalue weighted by Gasteiger charge is 2.18. The molecule has 0 atom stereocenters. The number of fused-ring (bicyclic) bond motifs is 3. The van der Waals surface area contributed by atoms with Gasteiger partial charge in [-0.1, -0.05) is 23.7 Å². The van der Waals surface area contributed by atoms with Crippen molar-refractivity contribution in [2.75, 3.05) is 7.11 Å². The molecule has 5 aromatic rings. The summed E-state index contributed by atoms with van der Waals surface area (Å²) in [7, 11) is 1.67. The SMILES string of the molecule is COc1ccc2ncc3c(-c4ccc(C)c(C)c4)nn(-c4ccc(Cl)cc4)c3c2c1. The Hall–Kier alpha value is -3.37. The van der Waals surface area contributed by atoms with Crippen LogP contribution in [0.1, 0.15) is 11.1 Å². The number of aromatic nitrogens is 3. The fraction of sp³-hybridized carbons (Fsp3) is 0.120. The smallest absolute Gasteiger partial charge is 0.119 e. The molecule has 0 saturated carbocycles. The first kappa shape index (κ1) is 18.6. The van der Waals surface area contributed by atoms with Crippen molar-refractivity contribution < 1.29 is 4.74 Å². The molecule has 0 saturated heterocycles. The number of aryl methyl sites for hydroxylation is 2. The molecule has 0 N–H and O–H groups in total. The van der Waals surface area contributed by atoms with E-state index in [4.69, 9.17) is 26.4 Å². The van der Waals surface area contributed by atoms with Crippen LogP contribution in [0, 0.1) is 13.8 Å². The molecule has 2 heterocycles. The molecular formula is C25H20ClN3O. The Morgan fingerprint density at radius 3 is 2.40 bits per heavy atom. The first-order valence-electron chi connectivity index (χ1n) is 9.74. The highest BCUT2D eigenvalue weighted by Crippen LogP contribution is 2.35. The van der Waals surface area contributed by atoms with Gasteiger partial charge in [-0.2, -0.15) is 5.10 Å². The molecule has 0 aliphatic carbocycles.